The third-order valence-electron chi connectivity index (χ3n) is 5.84. The van der Waals surface area contributed by atoms with Gasteiger partial charge < -0.3 is 34.6 Å². The second-order valence-corrected chi connectivity index (χ2v) is 8.23. The molecule has 4 rings (SSSR count). The first-order chi connectivity index (χ1) is 14.9. The Morgan fingerprint density at radius 2 is 1.84 bits per heavy atom. The molecule has 0 bridgehead atoms. The Balaban J connectivity index is 1.70. The number of rotatable bonds is 6. The first-order valence-electron chi connectivity index (χ1n) is 10.4. The minimum atomic E-state index is -1.46. The number of hydrogen-bond donors (Lipinski definition) is 4. The molecule has 2 heterocycles. The van der Waals surface area contributed by atoms with Gasteiger partial charge in [0.05, 0.1) is 24.8 Å². The van der Waals surface area contributed by atoms with Gasteiger partial charge >= 0.3 is 0 Å². The van der Waals surface area contributed by atoms with Crippen molar-refractivity contribution in [1.82, 2.24) is 0 Å². The van der Waals surface area contributed by atoms with Crippen LogP contribution in [0.5, 0.6) is 11.5 Å². The average Bonchev–Trinajstić information content (AvgIpc) is 3.27. The van der Waals surface area contributed by atoms with Crippen LogP contribution in [0.4, 0.5) is 0 Å². The third-order valence-corrected chi connectivity index (χ3v) is 6.31. The Labute approximate surface area is 185 Å². The zero-order valence-corrected chi connectivity index (χ0v) is 18.0. The molecule has 1 saturated heterocycles. The molecule has 0 amide bonds. The van der Waals surface area contributed by atoms with Crippen molar-refractivity contribution in [3.63, 3.8) is 0 Å². The van der Waals surface area contributed by atoms with Gasteiger partial charge in [-0.3, -0.25) is 0 Å². The minimum absolute atomic E-state index is 0.450. The van der Waals surface area contributed by atoms with Gasteiger partial charge in [0.15, 0.2) is 0 Å². The molecular formula is C23H27ClO7. The fraction of sp³-hybridized carbons (Fsp3) is 0.478. The van der Waals surface area contributed by atoms with E-state index in [9.17, 15) is 20.4 Å². The quantitative estimate of drug-likeness (QED) is 0.531. The molecule has 0 spiro atoms. The topological polar surface area (TPSA) is 109 Å². The van der Waals surface area contributed by atoms with Gasteiger partial charge in [-0.05, 0) is 42.7 Å². The molecular weight excluding hydrogens is 424 g/mol. The number of ether oxygens (including phenoxy) is 3. The van der Waals surface area contributed by atoms with Gasteiger partial charge in [0.25, 0.3) is 0 Å². The maximum Gasteiger partial charge on any atom is 0.130 e. The van der Waals surface area contributed by atoms with Crippen molar-refractivity contribution >= 4 is 11.6 Å². The predicted molar refractivity (Wildman–Crippen MR) is 114 cm³/mol. The summed E-state index contributed by atoms with van der Waals surface area (Å²) in [4.78, 5) is 0. The van der Waals surface area contributed by atoms with Crippen molar-refractivity contribution in [2.75, 3.05) is 19.8 Å². The van der Waals surface area contributed by atoms with Crippen LogP contribution in [0.25, 0.3) is 0 Å². The maximum absolute atomic E-state index is 10.6. The van der Waals surface area contributed by atoms with E-state index in [1.54, 1.807) is 0 Å². The number of hydrogen-bond acceptors (Lipinski definition) is 7. The van der Waals surface area contributed by atoms with Crippen LogP contribution in [0, 0.1) is 0 Å². The number of benzene rings is 2. The summed E-state index contributed by atoms with van der Waals surface area (Å²) >= 11 is 6.70. The van der Waals surface area contributed by atoms with E-state index < -0.39 is 37.1 Å². The van der Waals surface area contributed by atoms with Gasteiger partial charge in [-0.2, -0.15) is 0 Å². The van der Waals surface area contributed by atoms with Crippen molar-refractivity contribution in [3.05, 3.63) is 57.6 Å². The highest BCUT2D eigenvalue weighted by molar-refractivity contribution is 6.32. The smallest absolute Gasteiger partial charge is 0.130 e. The second-order valence-electron chi connectivity index (χ2n) is 7.85. The van der Waals surface area contributed by atoms with E-state index in [1.165, 1.54) is 0 Å². The minimum Gasteiger partial charge on any atom is -0.494 e. The summed E-state index contributed by atoms with van der Waals surface area (Å²) in [6, 6.07) is 9.57. The molecule has 1 fully saturated rings. The number of fused-ring (bicyclic) bond motifs is 1. The Hall–Kier alpha value is -1.87. The van der Waals surface area contributed by atoms with Crippen molar-refractivity contribution < 1.29 is 34.6 Å². The summed E-state index contributed by atoms with van der Waals surface area (Å²) < 4.78 is 17.1. The highest BCUT2D eigenvalue weighted by atomic mass is 35.5. The first-order valence-corrected chi connectivity index (χ1v) is 10.8. The number of aliphatic hydroxyl groups is 4. The Morgan fingerprint density at radius 1 is 1.10 bits per heavy atom. The van der Waals surface area contributed by atoms with Crippen LogP contribution in [-0.2, 0) is 17.6 Å². The van der Waals surface area contributed by atoms with Crippen molar-refractivity contribution in [2.45, 2.75) is 50.3 Å². The molecule has 0 radical (unpaired) electrons. The summed E-state index contributed by atoms with van der Waals surface area (Å²) in [7, 11) is 0. The molecule has 0 aliphatic carbocycles. The molecule has 2 aromatic rings. The molecule has 4 N–H and O–H groups in total. The van der Waals surface area contributed by atoms with Gasteiger partial charge in [-0.25, -0.2) is 0 Å². The van der Waals surface area contributed by atoms with Gasteiger partial charge in [0, 0.05) is 17.5 Å². The molecule has 5 atom stereocenters. The summed E-state index contributed by atoms with van der Waals surface area (Å²) in [5.74, 6) is 1.33. The van der Waals surface area contributed by atoms with Gasteiger partial charge in [-0.15, -0.1) is 0 Å². The molecule has 31 heavy (non-hydrogen) atoms. The van der Waals surface area contributed by atoms with E-state index >= 15 is 0 Å². The van der Waals surface area contributed by atoms with Crippen molar-refractivity contribution in [2.24, 2.45) is 0 Å². The van der Waals surface area contributed by atoms with E-state index in [4.69, 9.17) is 25.8 Å². The summed E-state index contributed by atoms with van der Waals surface area (Å²) in [5, 5.41) is 41.1. The molecule has 8 heteroatoms. The molecule has 168 valence electrons. The fourth-order valence-electron chi connectivity index (χ4n) is 4.22. The van der Waals surface area contributed by atoms with Gasteiger partial charge in [-0.1, -0.05) is 23.7 Å². The summed E-state index contributed by atoms with van der Waals surface area (Å²) in [6.45, 7) is 2.49. The molecule has 0 aromatic heterocycles. The lowest BCUT2D eigenvalue weighted by Crippen LogP contribution is -2.55. The molecule has 7 nitrogen and oxygen atoms in total. The predicted octanol–water partition coefficient (Wildman–Crippen LogP) is 1.78. The standard InChI is InChI=1S/C23H27ClO7/c1-2-29-14-5-3-12(4-6-14)9-13-10-16(22-15(18(13)24)7-8-30-22)23-21(28)20(27)19(26)17(11-25)31-23/h3-6,10,17,19-21,23,25-28H,2,7-9,11H2,1H3/t17-,19-,20+,21-,23+/m1/s1. The van der Waals surface area contributed by atoms with E-state index in [2.05, 4.69) is 0 Å². The van der Waals surface area contributed by atoms with Crippen LogP contribution in [0.15, 0.2) is 30.3 Å². The lowest BCUT2D eigenvalue weighted by atomic mass is 9.88. The lowest BCUT2D eigenvalue weighted by Gasteiger charge is -2.40. The Bertz CT molecular complexity index is 915. The summed E-state index contributed by atoms with van der Waals surface area (Å²) in [6.07, 6.45) is -5.06. The fourth-order valence-corrected chi connectivity index (χ4v) is 4.52. The zero-order chi connectivity index (χ0) is 22.1. The van der Waals surface area contributed by atoms with Crippen LogP contribution >= 0.6 is 11.6 Å². The first kappa shape index (κ1) is 22.3. The van der Waals surface area contributed by atoms with Crippen LogP contribution < -0.4 is 9.47 Å². The SMILES string of the molecule is CCOc1ccc(Cc2cc([C@@H]3O[C@H](CO)[C@@H](O)[C@H](O)[C@H]3O)c3c(c2Cl)CCO3)cc1. The van der Waals surface area contributed by atoms with Gasteiger partial charge in [0.2, 0.25) is 0 Å². The monoisotopic (exact) mass is 450 g/mol. The highest BCUT2D eigenvalue weighted by Crippen LogP contribution is 2.45. The highest BCUT2D eigenvalue weighted by Gasteiger charge is 2.45. The Kier molecular flexibility index (Phi) is 6.71. The van der Waals surface area contributed by atoms with E-state index in [0.717, 1.165) is 22.4 Å². The van der Waals surface area contributed by atoms with E-state index in [1.807, 2.05) is 37.3 Å². The second kappa shape index (κ2) is 9.32. The molecule has 0 saturated carbocycles. The van der Waals surface area contributed by atoms with E-state index in [-0.39, 0.29) is 0 Å². The van der Waals surface area contributed by atoms with Crippen molar-refractivity contribution in [1.29, 1.82) is 0 Å². The van der Waals surface area contributed by atoms with E-state index in [0.29, 0.717) is 42.4 Å². The van der Waals surface area contributed by atoms with Gasteiger partial charge in [0.1, 0.15) is 42.0 Å². The van der Waals surface area contributed by atoms with Crippen LogP contribution in [0.2, 0.25) is 5.02 Å². The number of halogens is 1. The average molecular weight is 451 g/mol. The third kappa shape index (κ3) is 4.26. The number of aliphatic hydroxyl groups excluding tert-OH is 4. The normalized spacial score (nSPS) is 27.6. The van der Waals surface area contributed by atoms with Crippen LogP contribution in [0.1, 0.15) is 35.3 Å². The molecule has 2 aliphatic rings. The van der Waals surface area contributed by atoms with Crippen molar-refractivity contribution in [3.8, 4) is 11.5 Å². The Morgan fingerprint density at radius 3 is 2.52 bits per heavy atom. The maximum atomic E-state index is 10.6. The van der Waals surface area contributed by atoms with Crippen LogP contribution in [-0.4, -0.2) is 64.7 Å². The lowest BCUT2D eigenvalue weighted by molar-refractivity contribution is -0.232. The largest absolute Gasteiger partial charge is 0.494 e. The molecule has 2 aromatic carbocycles. The molecule has 2 aliphatic heterocycles. The zero-order valence-electron chi connectivity index (χ0n) is 17.2. The molecule has 0 unspecified atom stereocenters. The summed E-state index contributed by atoms with van der Waals surface area (Å²) in [5.41, 5.74) is 3.25. The van der Waals surface area contributed by atoms with Crippen LogP contribution in [0.3, 0.4) is 0 Å².